The van der Waals surface area contributed by atoms with E-state index in [0.29, 0.717) is 5.92 Å². The van der Waals surface area contributed by atoms with Crippen molar-refractivity contribution in [3.8, 4) is 0 Å². The van der Waals surface area contributed by atoms with Gasteiger partial charge in [0.05, 0.1) is 5.69 Å². The standard InChI is InChI=1S/C15H26N4S/c1-11(2)10-18(6)13-12(9-16-15(3,4)5)19-7-8-20-14(19)17-13/h7-8,11,16H,9-10H2,1-6H3. The van der Waals surface area contributed by atoms with Crippen LogP contribution in [0, 0.1) is 5.92 Å². The van der Waals surface area contributed by atoms with E-state index in [1.165, 1.54) is 5.69 Å². The van der Waals surface area contributed by atoms with Crippen molar-refractivity contribution in [1.82, 2.24) is 14.7 Å². The Kier molecular flexibility index (Phi) is 4.39. The number of aromatic nitrogens is 2. The molecule has 0 saturated carbocycles. The number of thiazole rings is 1. The first kappa shape index (κ1) is 15.3. The molecule has 0 aliphatic heterocycles. The average molecular weight is 294 g/mol. The van der Waals surface area contributed by atoms with E-state index in [2.05, 4.69) is 67.9 Å². The molecule has 2 aromatic heterocycles. The molecule has 0 amide bonds. The van der Waals surface area contributed by atoms with Gasteiger partial charge in [-0.1, -0.05) is 13.8 Å². The molecule has 0 fully saturated rings. The van der Waals surface area contributed by atoms with Crippen molar-refractivity contribution in [2.45, 2.75) is 46.7 Å². The minimum atomic E-state index is 0.105. The first-order valence-corrected chi connectivity index (χ1v) is 8.06. The maximum atomic E-state index is 4.79. The van der Waals surface area contributed by atoms with Crippen LogP contribution in [0.3, 0.4) is 0 Å². The molecule has 1 N–H and O–H groups in total. The summed E-state index contributed by atoms with van der Waals surface area (Å²) in [5.74, 6) is 1.73. The summed E-state index contributed by atoms with van der Waals surface area (Å²) < 4.78 is 2.20. The highest BCUT2D eigenvalue weighted by atomic mass is 32.1. The van der Waals surface area contributed by atoms with Crippen molar-refractivity contribution in [3.63, 3.8) is 0 Å². The van der Waals surface area contributed by atoms with Gasteiger partial charge in [-0.05, 0) is 26.7 Å². The summed E-state index contributed by atoms with van der Waals surface area (Å²) in [6.07, 6.45) is 2.11. The summed E-state index contributed by atoms with van der Waals surface area (Å²) in [6.45, 7) is 12.9. The van der Waals surface area contributed by atoms with Crippen LogP contribution < -0.4 is 10.2 Å². The lowest BCUT2D eigenvalue weighted by molar-refractivity contribution is 0.420. The summed E-state index contributed by atoms with van der Waals surface area (Å²) >= 11 is 1.69. The third-order valence-corrected chi connectivity index (χ3v) is 3.88. The normalized spacial score (nSPS) is 12.6. The van der Waals surface area contributed by atoms with E-state index in [0.717, 1.165) is 23.9 Å². The summed E-state index contributed by atoms with van der Waals surface area (Å²) in [5, 5.41) is 5.66. The van der Waals surface area contributed by atoms with Crippen molar-refractivity contribution in [2.24, 2.45) is 5.92 Å². The molecule has 5 heteroatoms. The van der Waals surface area contributed by atoms with Gasteiger partial charge >= 0.3 is 0 Å². The molecule has 4 nitrogen and oxygen atoms in total. The first-order chi connectivity index (χ1) is 9.28. The van der Waals surface area contributed by atoms with E-state index in [1.54, 1.807) is 11.3 Å². The molecule has 0 spiro atoms. The van der Waals surface area contributed by atoms with Gasteiger partial charge in [0.25, 0.3) is 0 Å². The van der Waals surface area contributed by atoms with Crippen molar-refractivity contribution in [3.05, 3.63) is 17.3 Å². The molecular weight excluding hydrogens is 268 g/mol. The van der Waals surface area contributed by atoms with Crippen LogP contribution >= 0.6 is 11.3 Å². The zero-order valence-corrected chi connectivity index (χ0v) is 14.2. The highest BCUT2D eigenvalue weighted by molar-refractivity contribution is 7.15. The summed E-state index contributed by atoms with van der Waals surface area (Å²) in [7, 11) is 2.13. The highest BCUT2D eigenvalue weighted by Crippen LogP contribution is 2.25. The second-order valence-electron chi connectivity index (χ2n) is 6.82. The van der Waals surface area contributed by atoms with E-state index >= 15 is 0 Å². The second-order valence-corrected chi connectivity index (χ2v) is 7.69. The van der Waals surface area contributed by atoms with Gasteiger partial charge in [-0.15, -0.1) is 11.3 Å². The van der Waals surface area contributed by atoms with Gasteiger partial charge in [0.1, 0.15) is 0 Å². The van der Waals surface area contributed by atoms with Crippen LogP contribution in [0.1, 0.15) is 40.3 Å². The van der Waals surface area contributed by atoms with E-state index in [9.17, 15) is 0 Å². The lowest BCUT2D eigenvalue weighted by Gasteiger charge is -2.23. The van der Waals surface area contributed by atoms with Crippen molar-refractivity contribution in [2.75, 3.05) is 18.5 Å². The van der Waals surface area contributed by atoms with Crippen molar-refractivity contribution in [1.29, 1.82) is 0 Å². The van der Waals surface area contributed by atoms with E-state index in [-0.39, 0.29) is 5.54 Å². The molecule has 20 heavy (non-hydrogen) atoms. The SMILES string of the molecule is CC(C)CN(C)c1nc2sccn2c1CNC(C)(C)C. The van der Waals surface area contributed by atoms with Gasteiger partial charge < -0.3 is 10.2 Å². The Morgan fingerprint density at radius 2 is 2.10 bits per heavy atom. The van der Waals surface area contributed by atoms with Crippen molar-refractivity contribution >= 4 is 22.1 Å². The molecule has 0 atom stereocenters. The maximum absolute atomic E-state index is 4.79. The summed E-state index contributed by atoms with van der Waals surface area (Å²) in [4.78, 5) is 8.13. The predicted molar refractivity (Wildman–Crippen MR) is 87.8 cm³/mol. The number of hydrogen-bond donors (Lipinski definition) is 1. The Hall–Kier alpha value is -1.07. The third-order valence-electron chi connectivity index (χ3n) is 3.13. The lowest BCUT2D eigenvalue weighted by Crippen LogP contribution is -2.36. The van der Waals surface area contributed by atoms with Gasteiger partial charge in [-0.3, -0.25) is 4.40 Å². The van der Waals surface area contributed by atoms with E-state index in [1.807, 2.05) is 0 Å². The van der Waals surface area contributed by atoms with E-state index in [4.69, 9.17) is 4.98 Å². The Bertz CT molecular complexity index is 562. The fourth-order valence-electron chi connectivity index (χ4n) is 2.27. The zero-order chi connectivity index (χ0) is 14.9. The van der Waals surface area contributed by atoms with Crippen molar-refractivity contribution < 1.29 is 0 Å². The molecule has 2 rings (SSSR count). The molecule has 2 aromatic rings. The minimum Gasteiger partial charge on any atom is -0.358 e. The number of nitrogens with one attached hydrogen (secondary N) is 1. The van der Waals surface area contributed by atoms with Crippen LogP contribution in [-0.4, -0.2) is 28.5 Å². The lowest BCUT2D eigenvalue weighted by atomic mass is 10.1. The Balaban J connectivity index is 2.30. The maximum Gasteiger partial charge on any atom is 0.195 e. The quantitative estimate of drug-likeness (QED) is 0.917. The Morgan fingerprint density at radius 1 is 1.40 bits per heavy atom. The number of hydrogen-bond acceptors (Lipinski definition) is 4. The molecule has 0 aliphatic rings. The minimum absolute atomic E-state index is 0.105. The largest absolute Gasteiger partial charge is 0.358 e. The van der Waals surface area contributed by atoms with E-state index < -0.39 is 0 Å². The zero-order valence-electron chi connectivity index (χ0n) is 13.4. The fraction of sp³-hybridized carbons (Fsp3) is 0.667. The molecule has 112 valence electrons. The van der Waals surface area contributed by atoms with Gasteiger partial charge in [0, 0.05) is 37.3 Å². The molecule has 0 aliphatic carbocycles. The topological polar surface area (TPSA) is 32.6 Å². The monoisotopic (exact) mass is 294 g/mol. The molecule has 0 radical (unpaired) electrons. The third kappa shape index (κ3) is 3.52. The molecule has 0 saturated heterocycles. The molecular formula is C15H26N4S. The number of anilines is 1. The van der Waals surface area contributed by atoms with Crippen LogP contribution in [0.15, 0.2) is 11.6 Å². The highest BCUT2D eigenvalue weighted by Gasteiger charge is 2.19. The second kappa shape index (κ2) is 5.74. The predicted octanol–water partition coefficient (Wildman–Crippen LogP) is 3.38. The van der Waals surface area contributed by atoms with Crippen LogP contribution in [0.5, 0.6) is 0 Å². The van der Waals surface area contributed by atoms with Crippen LogP contribution in [0.25, 0.3) is 4.96 Å². The smallest absolute Gasteiger partial charge is 0.195 e. The molecule has 0 bridgehead atoms. The molecule has 2 heterocycles. The number of imidazole rings is 1. The van der Waals surface area contributed by atoms with Gasteiger partial charge in [-0.25, -0.2) is 4.98 Å². The molecule has 0 aromatic carbocycles. The Labute approximate surface area is 125 Å². The van der Waals surface area contributed by atoms with Gasteiger partial charge in [0.2, 0.25) is 0 Å². The summed E-state index contributed by atoms with van der Waals surface area (Å²) in [6, 6.07) is 0. The average Bonchev–Trinajstić information content (AvgIpc) is 2.83. The van der Waals surface area contributed by atoms with Gasteiger partial charge in [0.15, 0.2) is 10.8 Å². The van der Waals surface area contributed by atoms with Crippen LogP contribution in [0.2, 0.25) is 0 Å². The first-order valence-electron chi connectivity index (χ1n) is 7.18. The van der Waals surface area contributed by atoms with Crippen LogP contribution in [0.4, 0.5) is 5.82 Å². The molecule has 0 unspecified atom stereocenters. The number of rotatable bonds is 5. The van der Waals surface area contributed by atoms with Gasteiger partial charge in [-0.2, -0.15) is 0 Å². The Morgan fingerprint density at radius 3 is 2.70 bits per heavy atom. The van der Waals surface area contributed by atoms with Crippen LogP contribution in [-0.2, 0) is 6.54 Å². The fourth-order valence-corrected chi connectivity index (χ4v) is 3.00. The number of nitrogens with zero attached hydrogens (tertiary/aromatic N) is 3. The summed E-state index contributed by atoms with van der Waals surface area (Å²) in [5.41, 5.74) is 1.35. The number of fused-ring (bicyclic) bond motifs is 1.